The molecule has 0 fully saturated rings. The van der Waals surface area contributed by atoms with Crippen molar-refractivity contribution in [1.82, 2.24) is 9.97 Å². The van der Waals surface area contributed by atoms with E-state index in [9.17, 15) is 4.79 Å². The van der Waals surface area contributed by atoms with Crippen LogP contribution in [0, 0.1) is 6.92 Å². The molecule has 19 heavy (non-hydrogen) atoms. The van der Waals surface area contributed by atoms with Gasteiger partial charge >= 0.3 is 0 Å². The van der Waals surface area contributed by atoms with Crippen LogP contribution in [0.5, 0.6) is 0 Å². The first kappa shape index (κ1) is 11.8. The lowest BCUT2D eigenvalue weighted by molar-refractivity contribution is -0.115. The Labute approximate surface area is 110 Å². The molecular formula is C14H14N4O. The fraction of sp³-hybridized carbons (Fsp3) is 0.214. The van der Waals surface area contributed by atoms with E-state index in [4.69, 9.17) is 5.73 Å². The first-order chi connectivity index (χ1) is 9.17. The second-order valence-corrected chi connectivity index (χ2v) is 4.60. The summed E-state index contributed by atoms with van der Waals surface area (Å²) in [5.41, 5.74) is 10.9. The molecule has 3 rings (SSSR count). The van der Waals surface area contributed by atoms with Crippen LogP contribution < -0.4 is 11.1 Å². The average Bonchev–Trinajstić information content (AvgIpc) is 2.78. The first-order valence-corrected chi connectivity index (χ1v) is 6.13. The third-order valence-electron chi connectivity index (χ3n) is 3.22. The minimum atomic E-state index is 0.0330. The van der Waals surface area contributed by atoms with Crippen molar-refractivity contribution in [3.63, 3.8) is 0 Å². The van der Waals surface area contributed by atoms with E-state index in [-0.39, 0.29) is 5.91 Å². The minimum Gasteiger partial charge on any atom is -0.326 e. The van der Waals surface area contributed by atoms with Gasteiger partial charge in [-0.2, -0.15) is 0 Å². The second-order valence-electron chi connectivity index (χ2n) is 4.60. The topological polar surface area (TPSA) is 80.9 Å². The van der Waals surface area contributed by atoms with Crippen molar-refractivity contribution in [2.75, 3.05) is 5.32 Å². The molecule has 1 aliphatic heterocycles. The summed E-state index contributed by atoms with van der Waals surface area (Å²) in [5, 5.41) is 2.82. The highest BCUT2D eigenvalue weighted by molar-refractivity contribution is 5.99. The monoisotopic (exact) mass is 254 g/mol. The molecule has 2 heterocycles. The number of anilines is 1. The lowest BCUT2D eigenvalue weighted by Gasteiger charge is -2.08. The Morgan fingerprint density at radius 1 is 1.42 bits per heavy atom. The molecule has 1 aliphatic rings. The smallest absolute Gasteiger partial charge is 0.228 e. The SMILES string of the molecule is Cc1ncc(CN)nc1-c1ccc2c(c1)CC(=O)N2. The zero-order valence-electron chi connectivity index (χ0n) is 10.6. The Balaban J connectivity index is 2.08. The summed E-state index contributed by atoms with van der Waals surface area (Å²) in [5.74, 6) is 0.0330. The normalized spacial score (nSPS) is 13.3. The van der Waals surface area contributed by atoms with Gasteiger partial charge < -0.3 is 11.1 Å². The fourth-order valence-electron chi connectivity index (χ4n) is 2.23. The number of nitrogens with two attached hydrogens (primary N) is 1. The third-order valence-corrected chi connectivity index (χ3v) is 3.22. The molecule has 1 aromatic heterocycles. The van der Waals surface area contributed by atoms with Gasteiger partial charge in [-0.3, -0.25) is 9.78 Å². The summed E-state index contributed by atoms with van der Waals surface area (Å²) in [6.07, 6.45) is 2.11. The number of nitrogens with one attached hydrogen (secondary N) is 1. The van der Waals surface area contributed by atoms with E-state index in [0.29, 0.717) is 13.0 Å². The summed E-state index contributed by atoms with van der Waals surface area (Å²) < 4.78 is 0. The van der Waals surface area contributed by atoms with Crippen LogP contribution in [-0.4, -0.2) is 15.9 Å². The molecule has 0 radical (unpaired) electrons. The summed E-state index contributed by atoms with van der Waals surface area (Å²) in [6, 6.07) is 5.85. The van der Waals surface area contributed by atoms with Crippen LogP contribution in [0.4, 0.5) is 5.69 Å². The number of aryl methyl sites for hydroxylation is 1. The van der Waals surface area contributed by atoms with Crippen molar-refractivity contribution in [3.8, 4) is 11.3 Å². The molecule has 5 heteroatoms. The Morgan fingerprint density at radius 3 is 3.05 bits per heavy atom. The molecule has 96 valence electrons. The highest BCUT2D eigenvalue weighted by Crippen LogP contribution is 2.29. The number of fused-ring (bicyclic) bond motifs is 1. The molecule has 3 N–H and O–H groups in total. The highest BCUT2D eigenvalue weighted by Gasteiger charge is 2.18. The summed E-state index contributed by atoms with van der Waals surface area (Å²) >= 11 is 0. The van der Waals surface area contributed by atoms with Gasteiger partial charge in [0, 0.05) is 17.8 Å². The molecule has 0 saturated carbocycles. The maximum Gasteiger partial charge on any atom is 0.228 e. The van der Waals surface area contributed by atoms with Crippen molar-refractivity contribution in [2.24, 2.45) is 5.73 Å². The number of amides is 1. The van der Waals surface area contributed by atoms with E-state index in [1.807, 2.05) is 25.1 Å². The molecule has 0 unspecified atom stereocenters. The van der Waals surface area contributed by atoms with E-state index in [1.54, 1.807) is 6.20 Å². The van der Waals surface area contributed by atoms with Crippen LogP contribution in [0.2, 0.25) is 0 Å². The standard InChI is InChI=1S/C14H14N4O/c1-8-14(17-11(6-15)7-16-8)9-2-3-12-10(4-9)5-13(19)18-12/h2-4,7H,5-6,15H2,1H3,(H,18,19). The number of rotatable bonds is 2. The summed E-state index contributed by atoms with van der Waals surface area (Å²) in [6.45, 7) is 2.28. The molecule has 0 spiro atoms. The predicted molar refractivity (Wildman–Crippen MR) is 72.4 cm³/mol. The predicted octanol–water partition coefficient (Wildman–Crippen LogP) is 1.41. The van der Waals surface area contributed by atoms with Gasteiger partial charge in [0.15, 0.2) is 0 Å². The van der Waals surface area contributed by atoms with Gasteiger partial charge in [0.25, 0.3) is 0 Å². The lowest BCUT2D eigenvalue weighted by Crippen LogP contribution is -2.03. The van der Waals surface area contributed by atoms with Crippen molar-refractivity contribution >= 4 is 11.6 Å². The minimum absolute atomic E-state index is 0.0330. The molecular weight excluding hydrogens is 240 g/mol. The number of carbonyl (C=O) groups is 1. The Bertz CT molecular complexity index is 666. The lowest BCUT2D eigenvalue weighted by atomic mass is 10.0. The number of benzene rings is 1. The molecule has 1 aromatic carbocycles. The fourth-order valence-corrected chi connectivity index (χ4v) is 2.23. The van der Waals surface area contributed by atoms with Gasteiger partial charge in [-0.05, 0) is 24.6 Å². The molecule has 0 aliphatic carbocycles. The van der Waals surface area contributed by atoms with Gasteiger partial charge in [0.05, 0.1) is 29.7 Å². The Morgan fingerprint density at radius 2 is 2.26 bits per heavy atom. The van der Waals surface area contributed by atoms with E-state index < -0.39 is 0 Å². The molecule has 2 aromatic rings. The summed E-state index contributed by atoms with van der Waals surface area (Å²) in [4.78, 5) is 20.2. The van der Waals surface area contributed by atoms with Crippen LogP contribution >= 0.6 is 0 Å². The van der Waals surface area contributed by atoms with E-state index in [1.165, 1.54) is 0 Å². The number of carbonyl (C=O) groups excluding carboxylic acids is 1. The van der Waals surface area contributed by atoms with Crippen molar-refractivity contribution in [1.29, 1.82) is 0 Å². The van der Waals surface area contributed by atoms with Crippen molar-refractivity contribution in [3.05, 3.63) is 41.3 Å². The van der Waals surface area contributed by atoms with Crippen LogP contribution in [0.15, 0.2) is 24.4 Å². The molecule has 1 amide bonds. The van der Waals surface area contributed by atoms with Gasteiger partial charge in [-0.1, -0.05) is 6.07 Å². The Kier molecular flexibility index (Phi) is 2.76. The zero-order chi connectivity index (χ0) is 13.4. The maximum atomic E-state index is 11.4. The average molecular weight is 254 g/mol. The third kappa shape index (κ3) is 2.08. The molecule has 0 saturated heterocycles. The van der Waals surface area contributed by atoms with Crippen molar-refractivity contribution in [2.45, 2.75) is 19.9 Å². The maximum absolute atomic E-state index is 11.4. The van der Waals surface area contributed by atoms with Gasteiger partial charge in [0.2, 0.25) is 5.91 Å². The molecule has 0 atom stereocenters. The van der Waals surface area contributed by atoms with Crippen molar-refractivity contribution < 1.29 is 4.79 Å². The van der Waals surface area contributed by atoms with Crippen LogP contribution in [0.1, 0.15) is 17.0 Å². The van der Waals surface area contributed by atoms with Crippen LogP contribution in [-0.2, 0) is 17.8 Å². The van der Waals surface area contributed by atoms with Gasteiger partial charge in [0.1, 0.15) is 0 Å². The van der Waals surface area contributed by atoms with Crippen LogP contribution in [0.25, 0.3) is 11.3 Å². The first-order valence-electron chi connectivity index (χ1n) is 6.13. The Hall–Kier alpha value is -2.27. The quantitative estimate of drug-likeness (QED) is 0.849. The second kappa shape index (κ2) is 4.44. The molecule has 0 bridgehead atoms. The number of hydrogen-bond donors (Lipinski definition) is 2. The largest absolute Gasteiger partial charge is 0.326 e. The summed E-state index contributed by atoms with van der Waals surface area (Å²) in [7, 11) is 0. The van der Waals surface area contributed by atoms with Gasteiger partial charge in [-0.15, -0.1) is 0 Å². The van der Waals surface area contributed by atoms with Crippen LogP contribution in [0.3, 0.4) is 0 Å². The molecule has 5 nitrogen and oxygen atoms in total. The van der Waals surface area contributed by atoms with Gasteiger partial charge in [-0.25, -0.2) is 4.98 Å². The van der Waals surface area contributed by atoms with E-state index in [2.05, 4.69) is 15.3 Å². The van der Waals surface area contributed by atoms with E-state index in [0.717, 1.165) is 33.9 Å². The number of aromatic nitrogens is 2. The van der Waals surface area contributed by atoms with E-state index >= 15 is 0 Å². The zero-order valence-corrected chi connectivity index (χ0v) is 10.6. The number of hydrogen-bond acceptors (Lipinski definition) is 4. The highest BCUT2D eigenvalue weighted by atomic mass is 16.1. The number of nitrogens with zero attached hydrogens (tertiary/aromatic N) is 2.